The Kier molecular flexibility index (Phi) is 7.93. The molecule has 0 heterocycles. The molecule has 1 aliphatic carbocycles. The van der Waals surface area contributed by atoms with Crippen molar-refractivity contribution >= 4 is 21.6 Å². The summed E-state index contributed by atoms with van der Waals surface area (Å²) in [6.45, 7) is 2.00. The van der Waals surface area contributed by atoms with Crippen LogP contribution in [0.2, 0.25) is 5.02 Å². The second-order valence-corrected chi connectivity index (χ2v) is 9.27. The van der Waals surface area contributed by atoms with Crippen molar-refractivity contribution in [2.24, 2.45) is 5.92 Å². The Morgan fingerprint density at radius 3 is 2.13 bits per heavy atom. The molecule has 0 fully saturated rings. The van der Waals surface area contributed by atoms with Crippen molar-refractivity contribution in [3.63, 3.8) is 0 Å². The quantitative estimate of drug-likeness (QED) is 0.619. The summed E-state index contributed by atoms with van der Waals surface area (Å²) >= 11 is 5.90. The largest absolute Gasteiger partial charge is 0.244 e. The molecule has 0 bridgehead atoms. The van der Waals surface area contributed by atoms with Gasteiger partial charge in [-0.1, -0.05) is 89.4 Å². The van der Waals surface area contributed by atoms with Gasteiger partial charge in [-0.2, -0.15) is 4.31 Å². The van der Waals surface area contributed by atoms with Gasteiger partial charge in [-0.25, -0.2) is 8.42 Å². The van der Waals surface area contributed by atoms with Crippen LogP contribution in [0.25, 0.3) is 0 Å². The molecule has 3 rings (SSSR count). The Morgan fingerprint density at radius 1 is 0.871 bits per heavy atom. The van der Waals surface area contributed by atoms with E-state index in [-0.39, 0.29) is 23.9 Å². The number of aryl methyl sites for hydroxylation is 1. The van der Waals surface area contributed by atoms with E-state index in [4.69, 9.17) is 11.6 Å². The van der Waals surface area contributed by atoms with Crippen LogP contribution >= 0.6 is 11.6 Å². The molecule has 0 spiro atoms. The average Bonchev–Trinajstić information content (AvgIpc) is 3.03. The van der Waals surface area contributed by atoms with E-state index in [1.54, 1.807) is 48.5 Å². The lowest BCUT2D eigenvalue weighted by atomic mass is 10.1. The van der Waals surface area contributed by atoms with Crippen LogP contribution < -0.4 is 0 Å². The van der Waals surface area contributed by atoms with Crippen LogP contribution in [0.5, 0.6) is 0 Å². The molecule has 2 aromatic carbocycles. The molecule has 0 saturated carbocycles. The van der Waals surface area contributed by atoms with E-state index in [0.29, 0.717) is 5.02 Å². The summed E-state index contributed by atoms with van der Waals surface area (Å²) in [4.78, 5) is 0.228. The molecule has 0 unspecified atom stereocenters. The molecule has 31 heavy (non-hydrogen) atoms. The van der Waals surface area contributed by atoms with Gasteiger partial charge in [-0.3, -0.25) is 0 Å². The minimum Gasteiger partial charge on any atom is -0.207 e. The van der Waals surface area contributed by atoms with Gasteiger partial charge in [0.15, 0.2) is 0 Å². The van der Waals surface area contributed by atoms with Gasteiger partial charge in [0.1, 0.15) is 0 Å². The highest BCUT2D eigenvalue weighted by Crippen LogP contribution is 2.16. The first kappa shape index (κ1) is 22.7. The van der Waals surface area contributed by atoms with Crippen LogP contribution in [0, 0.1) is 36.5 Å². The smallest absolute Gasteiger partial charge is 0.207 e. The first-order valence-electron chi connectivity index (χ1n) is 9.76. The van der Waals surface area contributed by atoms with E-state index in [1.807, 2.05) is 43.4 Å². The summed E-state index contributed by atoms with van der Waals surface area (Å²) in [6, 6.07) is 13.9. The number of nitrogens with zero attached hydrogens (tertiary/aromatic N) is 1. The molecule has 5 heteroatoms. The lowest BCUT2D eigenvalue weighted by Crippen LogP contribution is -2.32. The SMILES string of the molecule is Cc1ccc(S(=O)(=O)N(CC#Cc2ccc(Cl)cc2)CC#CC2C=CC=CC=C2)cc1. The van der Waals surface area contributed by atoms with Gasteiger partial charge in [-0.15, -0.1) is 0 Å². The normalized spacial score (nSPS) is 13.3. The summed E-state index contributed by atoms with van der Waals surface area (Å²) in [5, 5.41) is 0.626. The zero-order valence-electron chi connectivity index (χ0n) is 17.1. The van der Waals surface area contributed by atoms with Crippen LogP contribution in [0.15, 0.2) is 89.9 Å². The minimum absolute atomic E-state index is 0.0332. The molecular weight excluding hydrogens is 426 g/mol. The van der Waals surface area contributed by atoms with Crippen molar-refractivity contribution in [1.82, 2.24) is 4.31 Å². The van der Waals surface area contributed by atoms with Gasteiger partial charge >= 0.3 is 0 Å². The maximum absolute atomic E-state index is 13.2. The molecule has 0 N–H and O–H groups in total. The number of allylic oxidation sites excluding steroid dienone is 6. The third-order valence-corrected chi connectivity index (χ3v) is 6.54. The van der Waals surface area contributed by atoms with Crippen molar-refractivity contribution in [1.29, 1.82) is 0 Å². The van der Waals surface area contributed by atoms with E-state index in [9.17, 15) is 8.42 Å². The Hall–Kier alpha value is -3.02. The molecule has 0 aromatic heterocycles. The summed E-state index contributed by atoms with van der Waals surface area (Å²) in [7, 11) is -3.73. The topological polar surface area (TPSA) is 37.4 Å². The van der Waals surface area contributed by atoms with Crippen molar-refractivity contribution in [3.8, 4) is 23.7 Å². The van der Waals surface area contributed by atoms with Gasteiger partial charge in [0.2, 0.25) is 10.0 Å². The summed E-state index contributed by atoms with van der Waals surface area (Å²) in [6.07, 6.45) is 11.6. The molecule has 0 radical (unpaired) electrons. The summed E-state index contributed by atoms with van der Waals surface area (Å²) < 4.78 is 27.7. The highest BCUT2D eigenvalue weighted by Gasteiger charge is 2.22. The molecule has 1 aliphatic rings. The average molecular weight is 448 g/mol. The van der Waals surface area contributed by atoms with Gasteiger partial charge in [-0.05, 0) is 43.3 Å². The first-order valence-corrected chi connectivity index (χ1v) is 11.6. The maximum Gasteiger partial charge on any atom is 0.244 e. The number of halogens is 1. The lowest BCUT2D eigenvalue weighted by molar-refractivity contribution is 0.482. The van der Waals surface area contributed by atoms with Gasteiger partial charge in [0, 0.05) is 10.6 Å². The van der Waals surface area contributed by atoms with Crippen molar-refractivity contribution in [2.45, 2.75) is 11.8 Å². The zero-order chi connectivity index (χ0) is 22.1. The number of sulfonamides is 1. The van der Waals surface area contributed by atoms with E-state index < -0.39 is 10.0 Å². The Bertz CT molecular complexity index is 1200. The second kappa shape index (κ2) is 10.8. The second-order valence-electron chi connectivity index (χ2n) is 6.90. The molecule has 0 amide bonds. The summed E-state index contributed by atoms with van der Waals surface area (Å²) in [5.41, 5.74) is 1.76. The summed E-state index contributed by atoms with van der Waals surface area (Å²) in [5.74, 6) is 12.0. The van der Waals surface area contributed by atoms with Gasteiger partial charge < -0.3 is 0 Å². The molecule has 2 aromatic rings. The third kappa shape index (κ3) is 6.74. The lowest BCUT2D eigenvalue weighted by Gasteiger charge is -2.17. The molecular formula is C26H22ClNO2S. The minimum atomic E-state index is -3.73. The molecule has 3 nitrogen and oxygen atoms in total. The van der Waals surface area contributed by atoms with Crippen LogP contribution in [0.1, 0.15) is 11.1 Å². The van der Waals surface area contributed by atoms with Crippen LogP contribution in [0.4, 0.5) is 0 Å². The van der Waals surface area contributed by atoms with Crippen LogP contribution in [-0.4, -0.2) is 25.8 Å². The fourth-order valence-electron chi connectivity index (χ4n) is 2.76. The fraction of sp³-hybridized carbons (Fsp3) is 0.154. The van der Waals surface area contributed by atoms with Crippen molar-refractivity contribution in [2.75, 3.05) is 13.1 Å². The number of rotatable bonds is 4. The predicted molar refractivity (Wildman–Crippen MR) is 127 cm³/mol. The monoisotopic (exact) mass is 447 g/mol. The van der Waals surface area contributed by atoms with Crippen molar-refractivity contribution in [3.05, 3.63) is 101 Å². The van der Waals surface area contributed by atoms with Gasteiger partial charge in [0.05, 0.1) is 23.9 Å². The highest BCUT2D eigenvalue weighted by molar-refractivity contribution is 7.89. The van der Waals surface area contributed by atoms with Crippen LogP contribution in [0.3, 0.4) is 0 Å². The number of hydrogen-bond acceptors (Lipinski definition) is 2. The maximum atomic E-state index is 13.2. The standard InChI is InChI=1S/C26H22ClNO2S/c1-22-12-18-26(19-13-22)31(29,30)28(20-6-10-23-8-4-2-3-5-9-23)21-7-11-24-14-16-25(27)17-15-24/h2-5,8-9,12-19,23H,20-21H2,1H3. The highest BCUT2D eigenvalue weighted by atomic mass is 35.5. The van der Waals surface area contributed by atoms with Gasteiger partial charge in [0.25, 0.3) is 0 Å². The Morgan fingerprint density at radius 2 is 1.48 bits per heavy atom. The van der Waals surface area contributed by atoms with E-state index >= 15 is 0 Å². The fourth-order valence-corrected chi connectivity index (χ4v) is 4.13. The zero-order valence-corrected chi connectivity index (χ0v) is 18.7. The van der Waals surface area contributed by atoms with E-state index in [0.717, 1.165) is 11.1 Å². The molecule has 0 aliphatic heterocycles. The number of hydrogen-bond donors (Lipinski definition) is 0. The van der Waals surface area contributed by atoms with E-state index in [2.05, 4.69) is 23.7 Å². The number of benzene rings is 2. The third-order valence-electron chi connectivity index (χ3n) is 4.49. The predicted octanol–water partition coefficient (Wildman–Crippen LogP) is 4.99. The first-order chi connectivity index (χ1) is 14.9. The van der Waals surface area contributed by atoms with E-state index in [1.165, 1.54) is 4.31 Å². The molecule has 156 valence electrons. The Labute approximate surface area is 189 Å². The Balaban J connectivity index is 1.83. The van der Waals surface area contributed by atoms with Crippen LogP contribution in [-0.2, 0) is 10.0 Å². The van der Waals surface area contributed by atoms with Crippen molar-refractivity contribution < 1.29 is 8.42 Å². The molecule has 0 saturated heterocycles. The molecule has 0 atom stereocenters.